The predicted molar refractivity (Wildman–Crippen MR) is 49.1 cm³/mol. The number of hydrogen-bond acceptors (Lipinski definition) is 4. The summed E-state index contributed by atoms with van der Waals surface area (Å²) in [7, 11) is -5.32. The molecule has 1 atom stereocenters. The van der Waals surface area contributed by atoms with Crippen LogP contribution in [0.2, 0.25) is 0 Å². The summed E-state index contributed by atoms with van der Waals surface area (Å²) in [5, 5.41) is 3.49. The molecule has 0 unspecified atom stereocenters. The van der Waals surface area contributed by atoms with E-state index in [0.29, 0.717) is 6.20 Å². The first-order valence-electron chi connectivity index (χ1n) is 4.24. The quantitative estimate of drug-likeness (QED) is 0.856. The third-order valence-corrected chi connectivity index (χ3v) is 3.14. The molecule has 0 aliphatic heterocycles. The molecule has 0 aliphatic rings. The lowest BCUT2D eigenvalue weighted by atomic mass is 10.4. The van der Waals surface area contributed by atoms with Gasteiger partial charge in [0.25, 0.3) is 9.84 Å². The zero-order valence-electron chi connectivity index (χ0n) is 8.27. The summed E-state index contributed by atoms with van der Waals surface area (Å²) >= 11 is 0. The Morgan fingerprint density at radius 3 is 2.56 bits per heavy atom. The number of aromatic nitrogens is 2. The molecule has 5 nitrogen and oxygen atoms in total. The van der Waals surface area contributed by atoms with E-state index in [4.69, 9.17) is 5.73 Å². The predicted octanol–water partition coefficient (Wildman–Crippen LogP) is 0.524. The van der Waals surface area contributed by atoms with Crippen molar-refractivity contribution in [2.45, 2.75) is 29.9 Å². The van der Waals surface area contributed by atoms with Gasteiger partial charge in [0.05, 0.1) is 12.7 Å². The van der Waals surface area contributed by atoms with Crippen molar-refractivity contribution < 1.29 is 21.6 Å². The molecule has 9 heteroatoms. The zero-order chi connectivity index (χ0) is 12.6. The van der Waals surface area contributed by atoms with Crippen molar-refractivity contribution in [3.8, 4) is 0 Å². The summed E-state index contributed by atoms with van der Waals surface area (Å²) in [4.78, 5) is -0.874. The van der Waals surface area contributed by atoms with Gasteiger partial charge in [0, 0.05) is 12.2 Å². The molecule has 92 valence electrons. The first-order valence-corrected chi connectivity index (χ1v) is 5.72. The Hall–Kier alpha value is -1.09. The molecule has 0 fully saturated rings. The molecular weight excluding hydrogens is 247 g/mol. The molecule has 0 aromatic carbocycles. The first kappa shape index (κ1) is 13.0. The Morgan fingerprint density at radius 1 is 1.56 bits per heavy atom. The number of rotatable bonds is 3. The van der Waals surface area contributed by atoms with Crippen molar-refractivity contribution >= 4 is 9.84 Å². The number of sulfone groups is 1. The fourth-order valence-corrected chi connectivity index (χ4v) is 1.73. The normalized spacial score (nSPS) is 15.1. The van der Waals surface area contributed by atoms with Crippen LogP contribution in [-0.2, 0) is 16.4 Å². The topological polar surface area (TPSA) is 78.0 Å². The minimum absolute atomic E-state index is 0.146. The van der Waals surface area contributed by atoms with Gasteiger partial charge in [0.15, 0.2) is 0 Å². The highest BCUT2D eigenvalue weighted by atomic mass is 32.2. The Labute approximate surface area is 90.0 Å². The molecule has 0 aliphatic carbocycles. The lowest BCUT2D eigenvalue weighted by Crippen LogP contribution is -2.23. The highest BCUT2D eigenvalue weighted by molar-refractivity contribution is 7.92. The molecular formula is C7H10F3N3O2S. The van der Waals surface area contributed by atoms with Crippen molar-refractivity contribution in [1.82, 2.24) is 9.78 Å². The monoisotopic (exact) mass is 257 g/mol. The summed E-state index contributed by atoms with van der Waals surface area (Å²) in [6.45, 7) is 1.77. The molecule has 1 aromatic heterocycles. The fraction of sp³-hybridized carbons (Fsp3) is 0.571. The summed E-state index contributed by atoms with van der Waals surface area (Å²) in [6.07, 6.45) is 1.47. The van der Waals surface area contributed by atoms with Crippen molar-refractivity contribution in [3.63, 3.8) is 0 Å². The largest absolute Gasteiger partial charge is 0.502 e. The number of hydrogen-bond donors (Lipinski definition) is 1. The van der Waals surface area contributed by atoms with E-state index in [1.807, 2.05) is 0 Å². The van der Waals surface area contributed by atoms with Crippen LogP contribution in [0, 0.1) is 0 Å². The molecule has 16 heavy (non-hydrogen) atoms. The lowest BCUT2D eigenvalue weighted by Gasteiger charge is -2.05. The highest BCUT2D eigenvalue weighted by Crippen LogP contribution is 2.29. The van der Waals surface area contributed by atoms with Gasteiger partial charge in [-0.15, -0.1) is 0 Å². The molecule has 0 spiro atoms. The van der Waals surface area contributed by atoms with E-state index in [2.05, 4.69) is 5.10 Å². The van der Waals surface area contributed by atoms with E-state index in [-0.39, 0.29) is 12.6 Å². The lowest BCUT2D eigenvalue weighted by molar-refractivity contribution is -0.0436. The summed E-state index contributed by atoms with van der Waals surface area (Å²) < 4.78 is 59.4. The smallest absolute Gasteiger partial charge is 0.326 e. The second-order valence-corrected chi connectivity index (χ2v) is 5.27. The molecule has 0 radical (unpaired) electrons. The van der Waals surface area contributed by atoms with Gasteiger partial charge in [-0.3, -0.25) is 4.68 Å². The molecule has 0 amide bonds. The Morgan fingerprint density at radius 2 is 2.12 bits per heavy atom. The van der Waals surface area contributed by atoms with Crippen LogP contribution in [0.5, 0.6) is 0 Å². The highest BCUT2D eigenvalue weighted by Gasteiger charge is 2.47. The van der Waals surface area contributed by atoms with Crippen LogP contribution in [0.15, 0.2) is 17.3 Å². The molecule has 2 N–H and O–H groups in total. The van der Waals surface area contributed by atoms with Gasteiger partial charge in [-0.25, -0.2) is 8.42 Å². The summed E-state index contributed by atoms with van der Waals surface area (Å²) in [5.74, 6) is 0. The maximum Gasteiger partial charge on any atom is 0.502 e. The maximum absolute atomic E-state index is 12.1. The van der Waals surface area contributed by atoms with Crippen LogP contribution in [0.3, 0.4) is 0 Å². The standard InChI is InChI=1S/C7H10F3N3O2S/c1-5(11)3-13-4-6(2-12-13)16(14,15)7(8,9)10/h2,4-5H,3,11H2,1H3/t5-/m1/s1. The van der Waals surface area contributed by atoms with Gasteiger partial charge >= 0.3 is 5.51 Å². The van der Waals surface area contributed by atoms with Crippen molar-refractivity contribution in [1.29, 1.82) is 0 Å². The van der Waals surface area contributed by atoms with Gasteiger partial charge in [0.2, 0.25) is 0 Å². The second kappa shape index (κ2) is 4.06. The molecule has 0 saturated carbocycles. The van der Waals surface area contributed by atoms with Gasteiger partial charge < -0.3 is 5.73 Å². The maximum atomic E-state index is 12.1. The number of nitrogens with zero attached hydrogens (tertiary/aromatic N) is 2. The number of halogens is 3. The average molecular weight is 257 g/mol. The van der Waals surface area contributed by atoms with Crippen molar-refractivity contribution in [2.24, 2.45) is 5.73 Å². The minimum Gasteiger partial charge on any atom is -0.326 e. The average Bonchev–Trinajstić information content (AvgIpc) is 2.49. The second-order valence-electron chi connectivity index (χ2n) is 3.32. The SMILES string of the molecule is C[C@@H](N)Cn1cc(S(=O)(=O)C(F)(F)F)cn1. The molecule has 1 aromatic rings. The van der Waals surface area contributed by atoms with Gasteiger partial charge in [-0.2, -0.15) is 18.3 Å². The minimum atomic E-state index is -5.32. The van der Waals surface area contributed by atoms with E-state index in [1.165, 1.54) is 0 Å². The third-order valence-electron chi connectivity index (χ3n) is 1.70. The van der Waals surface area contributed by atoms with E-state index < -0.39 is 20.2 Å². The molecule has 0 saturated heterocycles. The van der Waals surface area contributed by atoms with Crippen LogP contribution in [0.1, 0.15) is 6.92 Å². The van der Waals surface area contributed by atoms with Gasteiger partial charge in [-0.05, 0) is 6.92 Å². The molecule has 1 rings (SSSR count). The molecule has 1 heterocycles. The van der Waals surface area contributed by atoms with Crippen LogP contribution in [0.25, 0.3) is 0 Å². The Bertz CT molecular complexity index is 463. The summed E-state index contributed by atoms with van der Waals surface area (Å²) in [6, 6.07) is -0.332. The van der Waals surface area contributed by atoms with Crippen molar-refractivity contribution in [2.75, 3.05) is 0 Å². The Kier molecular flexibility index (Phi) is 3.29. The van der Waals surface area contributed by atoms with E-state index in [0.717, 1.165) is 10.9 Å². The zero-order valence-corrected chi connectivity index (χ0v) is 9.09. The van der Waals surface area contributed by atoms with Gasteiger partial charge in [-0.1, -0.05) is 0 Å². The van der Waals surface area contributed by atoms with Crippen LogP contribution >= 0.6 is 0 Å². The fourth-order valence-electron chi connectivity index (χ4n) is 1.01. The van der Waals surface area contributed by atoms with E-state index in [9.17, 15) is 21.6 Å². The number of alkyl halides is 3. The van der Waals surface area contributed by atoms with Crippen molar-refractivity contribution in [3.05, 3.63) is 12.4 Å². The van der Waals surface area contributed by atoms with E-state index in [1.54, 1.807) is 6.92 Å². The van der Waals surface area contributed by atoms with Crippen LogP contribution < -0.4 is 5.73 Å². The first-order chi connectivity index (χ1) is 7.14. The Balaban J connectivity index is 3.04. The summed E-state index contributed by atoms with van der Waals surface area (Å²) in [5.41, 5.74) is 0.0857. The van der Waals surface area contributed by atoms with E-state index >= 15 is 0 Å². The third kappa shape index (κ3) is 2.53. The van der Waals surface area contributed by atoms with Gasteiger partial charge in [0.1, 0.15) is 4.90 Å². The van der Waals surface area contributed by atoms with Crippen LogP contribution in [-0.4, -0.2) is 29.7 Å². The number of nitrogens with two attached hydrogens (primary N) is 1. The molecule has 0 bridgehead atoms. The van der Waals surface area contributed by atoms with Crippen LogP contribution in [0.4, 0.5) is 13.2 Å².